The fourth-order valence-corrected chi connectivity index (χ4v) is 6.38. The summed E-state index contributed by atoms with van der Waals surface area (Å²) >= 11 is 1.30. The topological polar surface area (TPSA) is 107 Å². The molecule has 1 fully saturated rings. The molecule has 0 bridgehead atoms. The Balaban J connectivity index is 1.26. The van der Waals surface area contributed by atoms with Crippen LogP contribution in [0, 0.1) is 0 Å². The summed E-state index contributed by atoms with van der Waals surface area (Å²) in [6.07, 6.45) is 0. The Hall–Kier alpha value is -2.93. The van der Waals surface area contributed by atoms with Crippen molar-refractivity contribution in [3.05, 3.63) is 54.1 Å². The number of benzene rings is 2. The molecule has 3 heterocycles. The molecule has 0 radical (unpaired) electrons. The number of fused-ring (bicyclic) bond motifs is 1. The lowest BCUT2D eigenvalue weighted by Gasteiger charge is -2.26. The van der Waals surface area contributed by atoms with Crippen molar-refractivity contribution < 1.29 is 22.7 Å². The number of ether oxygens (including phenoxy) is 2. The van der Waals surface area contributed by atoms with Crippen LogP contribution in [0.1, 0.15) is 10.4 Å². The number of morpholine rings is 1. The van der Waals surface area contributed by atoms with E-state index in [1.807, 2.05) is 28.8 Å². The molecule has 0 unspecified atom stereocenters. The molecule has 35 heavy (non-hydrogen) atoms. The summed E-state index contributed by atoms with van der Waals surface area (Å²) in [5, 5.41) is 9.25. The first-order valence-corrected chi connectivity index (χ1v) is 13.6. The molecular formula is C23H25N5O5S2. The first kappa shape index (κ1) is 23.8. The normalized spacial score (nSPS) is 16.3. The minimum absolute atomic E-state index is 0.119. The number of carbonyl (C=O) groups excluding carboxylic acids is 1. The zero-order valence-corrected chi connectivity index (χ0v) is 20.8. The highest BCUT2D eigenvalue weighted by Crippen LogP contribution is 2.33. The summed E-state index contributed by atoms with van der Waals surface area (Å²) in [7, 11) is -2.04. The zero-order valence-electron chi connectivity index (χ0n) is 19.2. The number of hydrogen-bond acceptors (Lipinski definition) is 9. The van der Waals surface area contributed by atoms with Gasteiger partial charge >= 0.3 is 0 Å². The van der Waals surface area contributed by atoms with Crippen molar-refractivity contribution in [1.82, 2.24) is 19.1 Å². The second-order valence-electron chi connectivity index (χ2n) is 8.04. The van der Waals surface area contributed by atoms with Gasteiger partial charge in [0.2, 0.25) is 16.0 Å². The fourth-order valence-electron chi connectivity index (χ4n) is 4.07. The molecule has 3 aromatic rings. The number of nitrogens with zero attached hydrogens (tertiary/aromatic N) is 5. The smallest absolute Gasteiger partial charge is 0.243 e. The Bertz CT molecular complexity index is 1320. The maximum absolute atomic E-state index is 12.9. The Morgan fingerprint density at radius 2 is 1.83 bits per heavy atom. The number of ketones is 1. The molecule has 0 N–H and O–H groups in total. The average molecular weight is 516 g/mol. The average Bonchev–Trinajstić information content (AvgIpc) is 3.50. The highest BCUT2D eigenvalue weighted by molar-refractivity contribution is 7.99. The number of rotatable bonds is 8. The van der Waals surface area contributed by atoms with Crippen LogP contribution in [0.15, 0.2) is 58.6 Å². The largest absolute Gasteiger partial charge is 0.497 e. The summed E-state index contributed by atoms with van der Waals surface area (Å²) in [5.74, 6) is 1.47. The molecule has 0 atom stereocenters. The summed E-state index contributed by atoms with van der Waals surface area (Å²) in [6.45, 7) is 2.81. The highest BCUT2D eigenvalue weighted by atomic mass is 32.2. The first-order valence-electron chi connectivity index (χ1n) is 11.2. The van der Waals surface area contributed by atoms with Gasteiger partial charge in [0.25, 0.3) is 0 Å². The third-order valence-electron chi connectivity index (χ3n) is 5.97. The lowest BCUT2D eigenvalue weighted by molar-refractivity contribution is 0.0730. The summed E-state index contributed by atoms with van der Waals surface area (Å²) in [4.78, 5) is 15.1. The summed E-state index contributed by atoms with van der Waals surface area (Å²) in [5.41, 5.74) is 1.34. The molecule has 0 spiro atoms. The number of thioether (sulfide) groups is 1. The van der Waals surface area contributed by atoms with Crippen molar-refractivity contribution in [2.24, 2.45) is 0 Å². The van der Waals surface area contributed by atoms with Crippen molar-refractivity contribution in [3.63, 3.8) is 0 Å². The maximum atomic E-state index is 12.9. The van der Waals surface area contributed by atoms with Gasteiger partial charge in [0.15, 0.2) is 10.9 Å². The quantitative estimate of drug-likeness (QED) is 0.330. The molecule has 1 saturated heterocycles. The molecular weight excluding hydrogens is 490 g/mol. The number of carbonyl (C=O) groups is 1. The van der Waals surface area contributed by atoms with Gasteiger partial charge in [-0.25, -0.2) is 8.42 Å². The van der Waals surface area contributed by atoms with Crippen LogP contribution in [0.4, 0.5) is 11.6 Å². The highest BCUT2D eigenvalue weighted by Gasteiger charge is 2.28. The van der Waals surface area contributed by atoms with Crippen LogP contribution in [-0.4, -0.2) is 79.0 Å². The Morgan fingerprint density at radius 3 is 2.57 bits per heavy atom. The van der Waals surface area contributed by atoms with Gasteiger partial charge in [0.1, 0.15) is 5.75 Å². The van der Waals surface area contributed by atoms with Crippen LogP contribution in [0.25, 0.3) is 0 Å². The zero-order chi connectivity index (χ0) is 24.4. The van der Waals surface area contributed by atoms with Crippen molar-refractivity contribution in [2.75, 3.05) is 50.6 Å². The molecule has 0 saturated carbocycles. The van der Waals surface area contributed by atoms with Gasteiger partial charge in [-0.05, 0) is 36.4 Å². The molecule has 2 aromatic carbocycles. The summed E-state index contributed by atoms with van der Waals surface area (Å²) in [6, 6.07) is 14.0. The standard InChI is InChI=1S/C23H25N5O5S2/c1-32-19-7-5-18(6-8-19)27-9-10-28-22(27)24-25-23(28)34-16-21(29)17-3-2-4-20(15-17)35(30,31)26-11-13-33-14-12-26/h2-8,15H,9-14,16H2,1H3. The molecule has 10 nitrogen and oxygen atoms in total. The van der Waals surface area contributed by atoms with Crippen LogP contribution in [-0.2, 0) is 21.3 Å². The van der Waals surface area contributed by atoms with Crippen molar-refractivity contribution in [3.8, 4) is 5.75 Å². The molecule has 2 aliphatic heterocycles. The Kier molecular flexibility index (Phi) is 6.78. The SMILES string of the molecule is COc1ccc(N2CCn3c(SCC(=O)c4cccc(S(=O)(=O)N5CCOCC5)c4)nnc32)cc1. The van der Waals surface area contributed by atoms with Gasteiger partial charge < -0.3 is 14.4 Å². The van der Waals surface area contributed by atoms with Gasteiger partial charge in [-0.15, -0.1) is 10.2 Å². The van der Waals surface area contributed by atoms with Crippen LogP contribution in [0.3, 0.4) is 0 Å². The van der Waals surface area contributed by atoms with Gasteiger partial charge in [0, 0.05) is 37.4 Å². The number of anilines is 2. The lowest BCUT2D eigenvalue weighted by atomic mass is 10.1. The van der Waals surface area contributed by atoms with E-state index in [0.29, 0.717) is 43.6 Å². The minimum Gasteiger partial charge on any atom is -0.497 e. The van der Waals surface area contributed by atoms with Crippen LogP contribution in [0.5, 0.6) is 5.75 Å². The molecule has 1 aromatic heterocycles. The van der Waals surface area contributed by atoms with E-state index in [9.17, 15) is 13.2 Å². The Labute approximate surface area is 207 Å². The first-order chi connectivity index (χ1) is 17.0. The number of methoxy groups -OCH3 is 1. The van der Waals surface area contributed by atoms with Gasteiger partial charge in [-0.2, -0.15) is 4.31 Å². The van der Waals surface area contributed by atoms with E-state index in [-0.39, 0.29) is 16.4 Å². The fraction of sp³-hybridized carbons (Fsp3) is 0.348. The third-order valence-corrected chi connectivity index (χ3v) is 8.83. The second-order valence-corrected chi connectivity index (χ2v) is 10.9. The van der Waals surface area contributed by atoms with Crippen LogP contribution in [0.2, 0.25) is 0 Å². The predicted molar refractivity (Wildman–Crippen MR) is 131 cm³/mol. The molecule has 5 rings (SSSR count). The third kappa shape index (κ3) is 4.79. The number of sulfonamides is 1. The predicted octanol–water partition coefficient (Wildman–Crippen LogP) is 2.43. The van der Waals surface area contributed by atoms with E-state index in [0.717, 1.165) is 23.9 Å². The molecule has 2 aliphatic rings. The van der Waals surface area contributed by atoms with Crippen LogP contribution < -0.4 is 9.64 Å². The lowest BCUT2D eigenvalue weighted by Crippen LogP contribution is -2.40. The van der Waals surface area contributed by atoms with Gasteiger partial charge in [-0.3, -0.25) is 9.36 Å². The van der Waals surface area contributed by atoms with Crippen molar-refractivity contribution >= 4 is 39.2 Å². The monoisotopic (exact) mass is 515 g/mol. The number of hydrogen-bond donors (Lipinski definition) is 0. The van der Waals surface area contributed by atoms with Crippen molar-refractivity contribution in [1.29, 1.82) is 0 Å². The number of aromatic nitrogens is 3. The van der Waals surface area contributed by atoms with Crippen LogP contribution >= 0.6 is 11.8 Å². The molecule has 184 valence electrons. The van der Waals surface area contributed by atoms with Gasteiger partial charge in [-0.1, -0.05) is 23.9 Å². The van der Waals surface area contributed by atoms with E-state index >= 15 is 0 Å². The molecule has 12 heteroatoms. The maximum Gasteiger partial charge on any atom is 0.243 e. The molecule has 0 aliphatic carbocycles. The minimum atomic E-state index is -3.67. The van der Waals surface area contributed by atoms with E-state index in [1.54, 1.807) is 19.2 Å². The Morgan fingerprint density at radius 1 is 1.06 bits per heavy atom. The van der Waals surface area contributed by atoms with E-state index < -0.39 is 10.0 Å². The summed E-state index contributed by atoms with van der Waals surface area (Å²) < 4.78 is 39.7. The van der Waals surface area contributed by atoms with E-state index in [2.05, 4.69) is 15.1 Å². The number of Topliss-reactive ketones (excluding diaryl/α,β-unsaturated/α-hetero) is 1. The molecule has 0 amide bonds. The van der Waals surface area contributed by atoms with E-state index in [1.165, 1.54) is 28.2 Å². The van der Waals surface area contributed by atoms with Gasteiger partial charge in [0.05, 0.1) is 31.0 Å². The van der Waals surface area contributed by atoms with Crippen molar-refractivity contribution in [2.45, 2.75) is 16.6 Å². The second kappa shape index (κ2) is 9.97. The van der Waals surface area contributed by atoms with E-state index in [4.69, 9.17) is 9.47 Å².